The monoisotopic (exact) mass is 576 g/mol. The van der Waals surface area contributed by atoms with Crippen LogP contribution >= 0.6 is 11.6 Å². The van der Waals surface area contributed by atoms with Crippen LogP contribution in [0.4, 0.5) is 10.7 Å². The number of nitrogens with zero attached hydrogens (tertiary/aromatic N) is 6. The maximum atomic E-state index is 11.3. The summed E-state index contributed by atoms with van der Waals surface area (Å²) in [4.78, 5) is 32.3. The number of amidine groups is 1. The minimum atomic E-state index is -1.37. The van der Waals surface area contributed by atoms with Crippen LogP contribution in [-0.4, -0.2) is 66.8 Å². The Kier molecular flexibility index (Phi) is 7.77. The quantitative estimate of drug-likeness (QED) is 0.225. The van der Waals surface area contributed by atoms with Crippen molar-refractivity contribution in [1.29, 1.82) is 5.41 Å². The summed E-state index contributed by atoms with van der Waals surface area (Å²) in [6.07, 6.45) is 16.1. The number of nitrogens with one attached hydrogen (secondary N) is 2. The third-order valence-electron chi connectivity index (χ3n) is 8.53. The molecule has 0 aromatic carbocycles. The number of hydrogen-bond donors (Lipinski definition) is 3. The number of carboxylic acid groups (broad SMARTS) is 1. The second-order valence-electron chi connectivity index (χ2n) is 11.1. The van der Waals surface area contributed by atoms with E-state index in [2.05, 4.69) is 30.7 Å². The fraction of sp³-hybridized carbons (Fsp3) is 0.517. The average Bonchev–Trinajstić information content (AvgIpc) is 3.34. The number of rotatable bonds is 5. The van der Waals surface area contributed by atoms with Gasteiger partial charge in [0, 0.05) is 37.0 Å². The van der Waals surface area contributed by atoms with Crippen molar-refractivity contribution in [2.75, 3.05) is 18.1 Å². The smallest absolute Gasteiger partial charge is 0.410 e. The van der Waals surface area contributed by atoms with E-state index in [9.17, 15) is 9.90 Å². The van der Waals surface area contributed by atoms with E-state index in [-0.39, 0.29) is 18.0 Å². The minimum Gasteiger partial charge on any atom is -0.465 e. The van der Waals surface area contributed by atoms with Gasteiger partial charge >= 0.3 is 6.09 Å². The normalized spacial score (nSPS) is 24.4. The molecule has 3 aliphatic rings. The maximum Gasteiger partial charge on any atom is 0.410 e. The number of aromatic nitrogens is 5. The Morgan fingerprint density at radius 3 is 2.73 bits per heavy atom. The van der Waals surface area contributed by atoms with E-state index in [0.717, 1.165) is 57.3 Å². The highest BCUT2D eigenvalue weighted by Gasteiger charge is 2.38. The van der Waals surface area contributed by atoms with Crippen LogP contribution in [-0.2, 0) is 11.3 Å². The Hall–Kier alpha value is -3.75. The predicted octanol–water partition coefficient (Wildman–Crippen LogP) is 4.72. The number of pyridine rings is 1. The number of morpholine rings is 1. The number of imidazole rings is 1. The van der Waals surface area contributed by atoms with Crippen molar-refractivity contribution in [2.45, 2.75) is 70.1 Å². The second-order valence-corrected chi connectivity index (χ2v) is 11.6. The van der Waals surface area contributed by atoms with Gasteiger partial charge in [-0.25, -0.2) is 14.8 Å². The lowest BCUT2D eigenvalue weighted by atomic mass is 9.82. The van der Waals surface area contributed by atoms with Gasteiger partial charge in [0.25, 0.3) is 0 Å². The molecular weight excluding hydrogens is 544 g/mol. The molecule has 3 aromatic rings. The second kappa shape index (κ2) is 11.6. The number of amides is 1. The molecule has 2 saturated carbocycles. The number of ether oxygens (including phenoxy) is 1. The van der Waals surface area contributed by atoms with Crippen molar-refractivity contribution in [3.63, 3.8) is 0 Å². The maximum absolute atomic E-state index is 11.3. The van der Waals surface area contributed by atoms with Crippen LogP contribution in [0.15, 0.2) is 18.5 Å². The van der Waals surface area contributed by atoms with Crippen molar-refractivity contribution < 1.29 is 14.6 Å². The Morgan fingerprint density at radius 2 is 1.98 bits per heavy atom. The summed E-state index contributed by atoms with van der Waals surface area (Å²) in [5.41, 5.74) is 2.25. The fourth-order valence-corrected chi connectivity index (χ4v) is 6.72. The van der Waals surface area contributed by atoms with Crippen molar-refractivity contribution in [1.82, 2.24) is 29.8 Å². The largest absolute Gasteiger partial charge is 0.465 e. The lowest BCUT2D eigenvalue weighted by Crippen LogP contribution is -2.53. The lowest BCUT2D eigenvalue weighted by molar-refractivity contribution is -0.00958. The summed E-state index contributed by atoms with van der Waals surface area (Å²) >= 11 is 6.34. The molecule has 1 saturated heterocycles. The molecule has 0 bridgehead atoms. The molecule has 4 heterocycles. The predicted molar refractivity (Wildman–Crippen MR) is 155 cm³/mol. The van der Waals surface area contributed by atoms with E-state index >= 15 is 0 Å². The van der Waals surface area contributed by atoms with Crippen LogP contribution in [0, 0.1) is 29.6 Å². The molecule has 11 nitrogen and oxygen atoms in total. The van der Waals surface area contributed by atoms with Gasteiger partial charge in [0.2, 0.25) is 5.95 Å². The van der Waals surface area contributed by atoms with Crippen LogP contribution in [0.3, 0.4) is 0 Å². The highest BCUT2D eigenvalue weighted by molar-refractivity contribution is 6.30. The molecule has 3 fully saturated rings. The number of hydrogen-bond acceptors (Lipinski definition) is 8. The molecule has 41 heavy (non-hydrogen) atoms. The zero-order valence-corrected chi connectivity index (χ0v) is 23.5. The summed E-state index contributed by atoms with van der Waals surface area (Å²) in [6.45, 7) is 2.04. The van der Waals surface area contributed by atoms with Crippen LogP contribution in [0.1, 0.15) is 57.2 Å². The van der Waals surface area contributed by atoms with Crippen LogP contribution in [0.5, 0.6) is 0 Å². The SMILES string of the molecule is C#C[C@H]1CC[C@H](Cn2c(N3CCOC4CCCCC43)nc3nc(C(=N)NC(=O)O)nc(-c4cncc(Cl)c4)c32)CC1. The van der Waals surface area contributed by atoms with Crippen molar-refractivity contribution in [3.8, 4) is 23.6 Å². The molecule has 1 aliphatic heterocycles. The van der Waals surface area contributed by atoms with E-state index in [1.807, 2.05) is 0 Å². The first-order chi connectivity index (χ1) is 19.9. The third-order valence-corrected chi connectivity index (χ3v) is 8.74. The van der Waals surface area contributed by atoms with Crippen molar-refractivity contribution in [3.05, 3.63) is 29.3 Å². The first-order valence-electron chi connectivity index (χ1n) is 14.2. The Balaban J connectivity index is 1.53. The number of carbonyl (C=O) groups is 1. The molecule has 3 aromatic heterocycles. The molecule has 0 spiro atoms. The molecule has 2 unspecified atom stereocenters. The van der Waals surface area contributed by atoms with Gasteiger partial charge in [-0.1, -0.05) is 24.4 Å². The summed E-state index contributed by atoms with van der Waals surface area (Å²) in [5.74, 6) is 3.94. The molecule has 12 heteroatoms. The molecule has 6 rings (SSSR count). The average molecular weight is 577 g/mol. The van der Waals surface area contributed by atoms with Gasteiger partial charge in [0.1, 0.15) is 11.2 Å². The van der Waals surface area contributed by atoms with Gasteiger partial charge in [-0.15, -0.1) is 12.3 Å². The summed E-state index contributed by atoms with van der Waals surface area (Å²) in [7, 11) is 0. The topological polar surface area (TPSA) is 142 Å². The highest BCUT2D eigenvalue weighted by atomic mass is 35.5. The van der Waals surface area contributed by atoms with E-state index in [4.69, 9.17) is 38.1 Å². The zero-order chi connectivity index (χ0) is 28.5. The number of anilines is 1. The van der Waals surface area contributed by atoms with Gasteiger partial charge in [-0.2, -0.15) is 4.98 Å². The number of halogens is 1. The molecule has 3 N–H and O–H groups in total. The van der Waals surface area contributed by atoms with E-state index in [0.29, 0.717) is 59.0 Å². The van der Waals surface area contributed by atoms with Crippen LogP contribution in [0.25, 0.3) is 22.4 Å². The third kappa shape index (κ3) is 5.59. The first kappa shape index (κ1) is 27.4. The minimum absolute atomic E-state index is 0.0712. The molecular formula is C29H33ClN8O3. The number of fused-ring (bicyclic) bond motifs is 2. The van der Waals surface area contributed by atoms with Gasteiger partial charge in [-0.3, -0.25) is 15.7 Å². The Morgan fingerprint density at radius 1 is 1.17 bits per heavy atom. The lowest BCUT2D eigenvalue weighted by Gasteiger charge is -2.44. The van der Waals surface area contributed by atoms with Crippen LogP contribution < -0.4 is 10.2 Å². The highest BCUT2D eigenvalue weighted by Crippen LogP contribution is 2.38. The number of terminal acetylenes is 1. The summed E-state index contributed by atoms with van der Waals surface area (Å²) in [5, 5.41) is 20.1. The van der Waals surface area contributed by atoms with Crippen molar-refractivity contribution >= 4 is 40.6 Å². The summed E-state index contributed by atoms with van der Waals surface area (Å²) < 4.78 is 8.40. The zero-order valence-electron chi connectivity index (χ0n) is 22.7. The van der Waals surface area contributed by atoms with Gasteiger partial charge in [0.05, 0.1) is 23.8 Å². The first-order valence-corrected chi connectivity index (χ1v) is 14.6. The van der Waals surface area contributed by atoms with Gasteiger partial charge in [-0.05, 0) is 50.5 Å². The standard InChI is InChI=1S/C29H33ClN8O3/c1-2-17-7-9-18(10-8-17)16-38-24-23(19-13-20(30)15-32-14-19)33-27(25(31)34-29(39)40)35-26(24)36-28(38)37-11-12-41-22-6-4-3-5-21(22)37/h1,13-15,17-18,21-22H,3-12,16H2,(H2,31,34)(H,39,40)/t17-,18-,21?,22?. The van der Waals surface area contributed by atoms with Crippen LogP contribution in [0.2, 0.25) is 5.02 Å². The Bertz CT molecular complexity index is 1510. The molecule has 2 aliphatic carbocycles. The molecule has 2 atom stereocenters. The molecule has 214 valence electrons. The van der Waals surface area contributed by atoms with Crippen molar-refractivity contribution in [2.24, 2.45) is 11.8 Å². The van der Waals surface area contributed by atoms with Gasteiger partial charge in [0.15, 0.2) is 17.3 Å². The Labute approximate surface area is 243 Å². The molecule has 0 radical (unpaired) electrons. The van der Waals surface area contributed by atoms with E-state index in [1.54, 1.807) is 18.5 Å². The fourth-order valence-electron chi connectivity index (χ4n) is 6.55. The van der Waals surface area contributed by atoms with E-state index < -0.39 is 11.9 Å². The van der Waals surface area contributed by atoms with Gasteiger partial charge < -0.3 is 19.3 Å². The molecule has 1 amide bonds. The summed E-state index contributed by atoms with van der Waals surface area (Å²) in [6, 6.07) is 1.97. The van der Waals surface area contributed by atoms with E-state index in [1.165, 1.54) is 0 Å².